The minimum absolute atomic E-state index is 0.00201. The van der Waals surface area contributed by atoms with Gasteiger partial charge in [-0.25, -0.2) is 16.8 Å². The maximum absolute atomic E-state index is 11.6. The first kappa shape index (κ1) is 26.5. The number of hydrogen-bond acceptors (Lipinski definition) is 8. The van der Waals surface area contributed by atoms with E-state index in [-0.39, 0.29) is 22.9 Å². The van der Waals surface area contributed by atoms with Gasteiger partial charge in [-0.1, -0.05) is 30.3 Å². The maximum atomic E-state index is 11.6. The Morgan fingerprint density at radius 3 is 2.06 bits per heavy atom. The number of phenolic OH excluding ortho intramolecular Hbond substituents is 1. The number of nitrogens with one attached hydrogen (secondary N) is 2. The van der Waals surface area contributed by atoms with E-state index in [0.29, 0.717) is 24.5 Å². The van der Waals surface area contributed by atoms with E-state index >= 15 is 0 Å². The van der Waals surface area contributed by atoms with Crippen LogP contribution in [0.25, 0.3) is 11.1 Å². The number of benzene rings is 3. The molecule has 0 aliphatic rings. The zero-order valence-corrected chi connectivity index (χ0v) is 20.9. The van der Waals surface area contributed by atoms with Crippen LogP contribution in [0, 0.1) is 0 Å². The van der Waals surface area contributed by atoms with Crippen molar-refractivity contribution < 1.29 is 31.8 Å². The average molecular weight is 521 g/mol. The summed E-state index contributed by atoms with van der Waals surface area (Å²) in [6, 6.07) is 18.3. The fourth-order valence-corrected chi connectivity index (χ4v) is 4.47. The summed E-state index contributed by atoms with van der Waals surface area (Å²) in [6.07, 6.45) is 1.24. The molecule has 1 atom stereocenters. The summed E-state index contributed by atoms with van der Waals surface area (Å²) in [5, 5.41) is 23.2. The molecule has 0 radical (unpaired) electrons. The van der Waals surface area contributed by atoms with E-state index < -0.39 is 26.0 Å². The maximum Gasteiger partial charge on any atom is 0.229 e. The van der Waals surface area contributed by atoms with E-state index in [2.05, 4.69) is 10.0 Å². The smallest absolute Gasteiger partial charge is 0.229 e. The van der Waals surface area contributed by atoms with E-state index in [0.717, 1.165) is 17.4 Å². The molecular formula is C24H28N2O7S2. The van der Waals surface area contributed by atoms with Crippen LogP contribution < -0.4 is 14.8 Å². The molecule has 35 heavy (non-hydrogen) atoms. The molecule has 0 bridgehead atoms. The predicted octanol–water partition coefficient (Wildman–Crippen LogP) is 2.54. The van der Waals surface area contributed by atoms with Crippen LogP contribution in [0.1, 0.15) is 11.7 Å². The van der Waals surface area contributed by atoms with Crippen LogP contribution in [-0.2, 0) is 19.9 Å². The standard InChI is InChI=1S/C24H28N2O7S2/c1-34(29,30)21-10-5-18(6-11-21)17-3-8-20(9-4-17)33-14-13-25-16-24(28)19-7-12-23(27)22(15-19)26-35(2,31)32/h3-12,15,24-28H,13-14,16H2,1-2H3. The molecule has 11 heteroatoms. The number of sulfone groups is 1. The summed E-state index contributed by atoms with van der Waals surface area (Å²) < 4.78 is 53.9. The molecule has 0 fully saturated rings. The third kappa shape index (κ3) is 7.96. The Labute approximate surface area is 205 Å². The lowest BCUT2D eigenvalue weighted by Crippen LogP contribution is -2.26. The molecule has 3 rings (SSSR count). The Morgan fingerprint density at radius 1 is 0.886 bits per heavy atom. The van der Waals surface area contributed by atoms with Crippen LogP contribution in [0.2, 0.25) is 0 Å². The number of aliphatic hydroxyl groups excluding tert-OH is 1. The Balaban J connectivity index is 1.46. The van der Waals surface area contributed by atoms with Crippen LogP contribution in [-0.4, -0.2) is 59.3 Å². The van der Waals surface area contributed by atoms with Crippen molar-refractivity contribution >= 4 is 25.5 Å². The molecule has 0 saturated carbocycles. The van der Waals surface area contributed by atoms with Gasteiger partial charge in [0.15, 0.2) is 9.84 Å². The first-order valence-corrected chi connectivity index (χ1v) is 14.4. The minimum atomic E-state index is -3.56. The van der Waals surface area contributed by atoms with Gasteiger partial charge in [-0.05, 0) is 53.1 Å². The second-order valence-electron chi connectivity index (χ2n) is 8.04. The highest BCUT2D eigenvalue weighted by molar-refractivity contribution is 7.92. The lowest BCUT2D eigenvalue weighted by molar-refractivity contribution is 0.172. The highest BCUT2D eigenvalue weighted by Gasteiger charge is 2.13. The first-order valence-electron chi connectivity index (χ1n) is 10.7. The SMILES string of the molecule is CS(=O)(=O)Nc1cc(C(O)CNCCOc2ccc(-c3ccc(S(C)(=O)=O)cc3)cc2)ccc1O. The summed E-state index contributed by atoms with van der Waals surface area (Å²) >= 11 is 0. The van der Waals surface area contributed by atoms with Crippen molar-refractivity contribution in [2.45, 2.75) is 11.0 Å². The predicted molar refractivity (Wildman–Crippen MR) is 135 cm³/mol. The van der Waals surface area contributed by atoms with Crippen molar-refractivity contribution in [1.82, 2.24) is 5.32 Å². The number of sulfonamides is 1. The zero-order chi connectivity index (χ0) is 25.6. The number of phenols is 1. The largest absolute Gasteiger partial charge is 0.506 e. The quantitative estimate of drug-likeness (QED) is 0.223. The number of aliphatic hydroxyl groups is 1. The number of anilines is 1. The van der Waals surface area contributed by atoms with Crippen LogP contribution in [0.5, 0.6) is 11.5 Å². The Kier molecular flexibility index (Phi) is 8.39. The number of aromatic hydroxyl groups is 1. The van der Waals surface area contributed by atoms with E-state index in [4.69, 9.17) is 4.74 Å². The summed E-state index contributed by atoms with van der Waals surface area (Å²) in [4.78, 5) is 0.273. The van der Waals surface area contributed by atoms with Crippen molar-refractivity contribution in [3.63, 3.8) is 0 Å². The number of ether oxygens (including phenoxy) is 1. The normalized spacial score (nSPS) is 12.8. The molecule has 0 aliphatic carbocycles. The van der Waals surface area contributed by atoms with E-state index in [1.807, 2.05) is 24.3 Å². The molecule has 9 nitrogen and oxygen atoms in total. The van der Waals surface area contributed by atoms with Crippen LogP contribution in [0.4, 0.5) is 5.69 Å². The van der Waals surface area contributed by atoms with Gasteiger partial charge in [-0.3, -0.25) is 4.72 Å². The van der Waals surface area contributed by atoms with Gasteiger partial charge in [0.1, 0.15) is 18.1 Å². The zero-order valence-electron chi connectivity index (χ0n) is 19.3. The van der Waals surface area contributed by atoms with Gasteiger partial charge in [0.05, 0.1) is 22.9 Å². The molecule has 3 aromatic carbocycles. The van der Waals surface area contributed by atoms with E-state index in [1.54, 1.807) is 24.3 Å². The third-order valence-electron chi connectivity index (χ3n) is 5.06. The topological polar surface area (TPSA) is 142 Å². The van der Waals surface area contributed by atoms with Gasteiger partial charge in [0.25, 0.3) is 0 Å². The lowest BCUT2D eigenvalue weighted by atomic mass is 10.1. The fraction of sp³-hybridized carbons (Fsp3) is 0.250. The molecule has 0 aromatic heterocycles. The van der Waals surface area contributed by atoms with Crippen molar-refractivity contribution in [1.29, 1.82) is 0 Å². The van der Waals surface area contributed by atoms with Crippen molar-refractivity contribution in [2.75, 3.05) is 36.9 Å². The number of hydrogen-bond donors (Lipinski definition) is 4. The molecule has 1 unspecified atom stereocenters. The molecule has 4 N–H and O–H groups in total. The molecule has 3 aromatic rings. The summed E-state index contributed by atoms with van der Waals surface area (Å²) in [5.41, 5.74) is 2.27. The summed E-state index contributed by atoms with van der Waals surface area (Å²) in [5.74, 6) is 0.434. The van der Waals surface area contributed by atoms with Crippen molar-refractivity contribution in [3.05, 3.63) is 72.3 Å². The molecule has 0 heterocycles. The molecule has 0 saturated heterocycles. The molecule has 188 valence electrons. The Hall–Kier alpha value is -3.12. The van der Waals surface area contributed by atoms with Gasteiger partial charge in [0, 0.05) is 19.3 Å². The van der Waals surface area contributed by atoms with E-state index in [9.17, 15) is 27.0 Å². The molecular weight excluding hydrogens is 492 g/mol. The Morgan fingerprint density at radius 2 is 1.49 bits per heavy atom. The van der Waals surface area contributed by atoms with Crippen molar-refractivity contribution in [2.24, 2.45) is 0 Å². The van der Waals surface area contributed by atoms with Gasteiger partial charge in [0.2, 0.25) is 10.0 Å². The number of rotatable bonds is 11. The van der Waals surface area contributed by atoms with E-state index in [1.165, 1.54) is 24.5 Å². The summed E-state index contributed by atoms with van der Waals surface area (Å²) in [6.45, 7) is 1.01. The molecule has 0 amide bonds. The Bertz CT molecular complexity index is 1360. The van der Waals surface area contributed by atoms with Gasteiger partial charge >= 0.3 is 0 Å². The third-order valence-corrected chi connectivity index (χ3v) is 6.78. The van der Waals surface area contributed by atoms with Gasteiger partial charge < -0.3 is 20.3 Å². The second kappa shape index (κ2) is 11.1. The highest BCUT2D eigenvalue weighted by atomic mass is 32.2. The van der Waals surface area contributed by atoms with Crippen molar-refractivity contribution in [3.8, 4) is 22.6 Å². The average Bonchev–Trinajstić information content (AvgIpc) is 2.79. The van der Waals surface area contributed by atoms with Crippen LogP contribution in [0.3, 0.4) is 0 Å². The van der Waals surface area contributed by atoms with Crippen LogP contribution in [0.15, 0.2) is 71.6 Å². The second-order valence-corrected chi connectivity index (χ2v) is 11.8. The fourth-order valence-electron chi connectivity index (χ4n) is 3.28. The molecule has 0 aliphatic heterocycles. The van der Waals surface area contributed by atoms with Gasteiger partial charge in [-0.15, -0.1) is 0 Å². The van der Waals surface area contributed by atoms with Gasteiger partial charge in [-0.2, -0.15) is 0 Å². The molecule has 0 spiro atoms. The lowest BCUT2D eigenvalue weighted by Gasteiger charge is -2.15. The monoisotopic (exact) mass is 520 g/mol. The first-order chi connectivity index (χ1) is 16.4. The van der Waals surface area contributed by atoms with Crippen LogP contribution >= 0.6 is 0 Å². The minimum Gasteiger partial charge on any atom is -0.506 e. The summed E-state index contributed by atoms with van der Waals surface area (Å²) in [7, 11) is -6.80. The highest BCUT2D eigenvalue weighted by Crippen LogP contribution is 2.28.